The molecule has 0 aromatic carbocycles. The van der Waals surface area contributed by atoms with Crippen LogP contribution in [0.1, 0.15) is 6.42 Å². The van der Waals surface area contributed by atoms with Crippen LogP contribution in [-0.2, 0) is 14.3 Å². The van der Waals surface area contributed by atoms with Gasteiger partial charge in [-0.3, -0.25) is 9.59 Å². The van der Waals surface area contributed by atoms with E-state index in [1.165, 1.54) is 7.11 Å². The average Bonchev–Trinajstić information content (AvgIpc) is 2.50. The van der Waals surface area contributed by atoms with Gasteiger partial charge in [0.2, 0.25) is 0 Å². The molecule has 0 aromatic heterocycles. The molecule has 1 heterocycles. The second kappa shape index (κ2) is 3.53. The van der Waals surface area contributed by atoms with Crippen molar-refractivity contribution in [2.45, 2.75) is 12.5 Å². The Labute approximate surface area is 69.7 Å². The molecule has 5 nitrogen and oxygen atoms in total. The lowest BCUT2D eigenvalue weighted by Crippen LogP contribution is -2.39. The van der Waals surface area contributed by atoms with Crippen molar-refractivity contribution in [3.8, 4) is 0 Å². The van der Waals surface area contributed by atoms with Crippen LogP contribution in [0.25, 0.3) is 0 Å². The van der Waals surface area contributed by atoms with Gasteiger partial charge in [0.1, 0.15) is 6.04 Å². The highest BCUT2D eigenvalue weighted by Crippen LogP contribution is 2.16. The van der Waals surface area contributed by atoms with Gasteiger partial charge in [0.25, 0.3) is 0 Å². The van der Waals surface area contributed by atoms with Crippen LogP contribution in [0, 0.1) is 5.92 Å². The van der Waals surface area contributed by atoms with Crippen LogP contribution in [0.15, 0.2) is 0 Å². The predicted octanol–water partition coefficient (Wildman–Crippen LogP) is -0.778. The Morgan fingerprint density at radius 1 is 1.58 bits per heavy atom. The van der Waals surface area contributed by atoms with Gasteiger partial charge in [0, 0.05) is 0 Å². The molecule has 0 aromatic rings. The minimum absolute atomic E-state index is 0.451. The molecule has 0 saturated carbocycles. The number of nitrogens with one attached hydrogen (secondary N) is 1. The van der Waals surface area contributed by atoms with Crippen LogP contribution in [0.5, 0.6) is 0 Å². The molecule has 1 aliphatic heterocycles. The molecular weight excluding hydrogens is 162 g/mol. The number of carbonyl (C=O) groups excluding carboxylic acids is 1. The topological polar surface area (TPSA) is 75.6 Å². The molecule has 1 saturated heterocycles. The van der Waals surface area contributed by atoms with Gasteiger partial charge in [0.05, 0.1) is 13.0 Å². The molecule has 68 valence electrons. The quantitative estimate of drug-likeness (QED) is 0.536. The predicted molar refractivity (Wildman–Crippen MR) is 39.5 cm³/mol. The Morgan fingerprint density at radius 3 is 2.75 bits per heavy atom. The van der Waals surface area contributed by atoms with Gasteiger partial charge in [-0.15, -0.1) is 0 Å². The summed E-state index contributed by atoms with van der Waals surface area (Å²) in [6.07, 6.45) is 0.531. The summed E-state index contributed by atoms with van der Waals surface area (Å²) < 4.78 is 4.47. The van der Waals surface area contributed by atoms with Crippen LogP contribution >= 0.6 is 0 Å². The number of ether oxygens (including phenoxy) is 1. The number of aliphatic carboxylic acids is 1. The lowest BCUT2D eigenvalue weighted by Gasteiger charge is -2.11. The third-order valence-corrected chi connectivity index (χ3v) is 1.99. The van der Waals surface area contributed by atoms with Crippen LogP contribution in [0.3, 0.4) is 0 Å². The van der Waals surface area contributed by atoms with E-state index in [4.69, 9.17) is 5.11 Å². The standard InChI is InChI=1S/C7H11NO4/c1-12-7(11)4-2-3-8-5(4)6(9)10/h4-5,8H,2-3H2,1H3,(H,9,10)/t4?,5-/m0/s1. The first kappa shape index (κ1) is 8.99. The molecule has 0 spiro atoms. The molecule has 5 heteroatoms. The van der Waals surface area contributed by atoms with E-state index in [2.05, 4.69) is 10.1 Å². The summed E-state index contributed by atoms with van der Waals surface area (Å²) in [6.45, 7) is 0.552. The first-order chi connectivity index (χ1) is 5.66. The maximum absolute atomic E-state index is 11.0. The maximum atomic E-state index is 11.0. The van der Waals surface area contributed by atoms with Crippen molar-refractivity contribution in [3.05, 3.63) is 0 Å². The molecule has 12 heavy (non-hydrogen) atoms. The van der Waals surface area contributed by atoms with Crippen LogP contribution < -0.4 is 5.32 Å². The number of carbonyl (C=O) groups is 2. The van der Waals surface area contributed by atoms with Crippen molar-refractivity contribution in [3.63, 3.8) is 0 Å². The van der Waals surface area contributed by atoms with Crippen molar-refractivity contribution >= 4 is 11.9 Å². The zero-order chi connectivity index (χ0) is 9.14. The monoisotopic (exact) mass is 173 g/mol. The fourth-order valence-electron chi connectivity index (χ4n) is 1.37. The second-order valence-corrected chi connectivity index (χ2v) is 2.69. The van der Waals surface area contributed by atoms with Crippen molar-refractivity contribution in [1.29, 1.82) is 0 Å². The van der Waals surface area contributed by atoms with Crippen LogP contribution in [0.2, 0.25) is 0 Å². The van der Waals surface area contributed by atoms with Crippen molar-refractivity contribution in [2.75, 3.05) is 13.7 Å². The molecule has 1 fully saturated rings. The molecule has 0 amide bonds. The molecule has 0 radical (unpaired) electrons. The number of rotatable bonds is 2. The molecule has 1 rings (SSSR count). The minimum atomic E-state index is -0.997. The van der Waals surface area contributed by atoms with Gasteiger partial charge in [0.15, 0.2) is 0 Å². The largest absolute Gasteiger partial charge is 0.480 e. The van der Waals surface area contributed by atoms with E-state index in [9.17, 15) is 9.59 Å². The normalized spacial score (nSPS) is 28.4. The minimum Gasteiger partial charge on any atom is -0.480 e. The number of carboxylic acid groups (broad SMARTS) is 1. The number of methoxy groups -OCH3 is 1. The van der Waals surface area contributed by atoms with E-state index >= 15 is 0 Å². The van der Waals surface area contributed by atoms with Crippen molar-refractivity contribution in [2.24, 2.45) is 5.92 Å². The first-order valence-corrected chi connectivity index (χ1v) is 3.71. The molecule has 0 bridgehead atoms. The summed E-state index contributed by atoms with van der Waals surface area (Å²) in [7, 11) is 1.26. The van der Waals surface area contributed by atoms with E-state index in [0.717, 1.165) is 0 Å². The van der Waals surface area contributed by atoms with E-state index in [1.807, 2.05) is 0 Å². The molecule has 1 aliphatic rings. The molecule has 2 atom stereocenters. The lowest BCUT2D eigenvalue weighted by molar-refractivity contribution is -0.151. The smallest absolute Gasteiger partial charge is 0.321 e. The van der Waals surface area contributed by atoms with E-state index < -0.39 is 23.9 Å². The summed E-state index contributed by atoms with van der Waals surface area (Å²) in [4.78, 5) is 21.6. The third kappa shape index (κ3) is 1.55. The molecule has 2 N–H and O–H groups in total. The zero-order valence-corrected chi connectivity index (χ0v) is 6.74. The van der Waals surface area contributed by atoms with E-state index in [1.54, 1.807) is 0 Å². The van der Waals surface area contributed by atoms with Crippen molar-refractivity contribution < 1.29 is 19.4 Å². The highest BCUT2D eigenvalue weighted by Gasteiger charge is 2.38. The summed E-state index contributed by atoms with van der Waals surface area (Å²) in [5.74, 6) is -1.98. The average molecular weight is 173 g/mol. The Bertz CT molecular complexity index is 204. The number of hydrogen-bond donors (Lipinski definition) is 2. The number of esters is 1. The van der Waals surface area contributed by atoms with Gasteiger partial charge in [-0.25, -0.2) is 0 Å². The zero-order valence-electron chi connectivity index (χ0n) is 6.74. The number of carboxylic acids is 1. The highest BCUT2D eigenvalue weighted by molar-refractivity contribution is 5.84. The molecule has 1 unspecified atom stereocenters. The molecule has 0 aliphatic carbocycles. The second-order valence-electron chi connectivity index (χ2n) is 2.69. The van der Waals surface area contributed by atoms with Gasteiger partial charge >= 0.3 is 11.9 Å². The summed E-state index contributed by atoms with van der Waals surface area (Å²) in [5, 5.41) is 11.4. The van der Waals surface area contributed by atoms with E-state index in [-0.39, 0.29) is 0 Å². The highest BCUT2D eigenvalue weighted by atomic mass is 16.5. The fraction of sp³-hybridized carbons (Fsp3) is 0.714. The summed E-state index contributed by atoms with van der Waals surface area (Å²) >= 11 is 0. The van der Waals surface area contributed by atoms with Gasteiger partial charge in [-0.05, 0) is 13.0 Å². The summed E-state index contributed by atoms with van der Waals surface area (Å²) in [5.41, 5.74) is 0. The Balaban J connectivity index is 2.63. The van der Waals surface area contributed by atoms with Gasteiger partial charge < -0.3 is 15.2 Å². The fourth-order valence-corrected chi connectivity index (χ4v) is 1.37. The molecular formula is C7H11NO4. The third-order valence-electron chi connectivity index (χ3n) is 1.99. The first-order valence-electron chi connectivity index (χ1n) is 3.71. The van der Waals surface area contributed by atoms with E-state index in [0.29, 0.717) is 13.0 Å². The maximum Gasteiger partial charge on any atom is 0.321 e. The Morgan fingerprint density at radius 2 is 2.25 bits per heavy atom. The Hall–Kier alpha value is -1.10. The van der Waals surface area contributed by atoms with Crippen LogP contribution in [-0.4, -0.2) is 36.7 Å². The van der Waals surface area contributed by atoms with Crippen molar-refractivity contribution in [1.82, 2.24) is 5.32 Å². The van der Waals surface area contributed by atoms with Crippen LogP contribution in [0.4, 0.5) is 0 Å². The summed E-state index contributed by atoms with van der Waals surface area (Å²) in [6, 6.07) is -0.780. The SMILES string of the molecule is COC(=O)C1CCN[C@@H]1C(=O)O. The number of hydrogen-bond acceptors (Lipinski definition) is 4. The lowest BCUT2D eigenvalue weighted by atomic mass is 10.0. The van der Waals surface area contributed by atoms with Gasteiger partial charge in [-0.1, -0.05) is 0 Å². The van der Waals surface area contributed by atoms with Gasteiger partial charge in [-0.2, -0.15) is 0 Å². The Kier molecular flexibility index (Phi) is 2.65.